The van der Waals surface area contributed by atoms with E-state index >= 15 is 0 Å². The van der Waals surface area contributed by atoms with Gasteiger partial charge in [0.05, 0.1) is 30.3 Å². The summed E-state index contributed by atoms with van der Waals surface area (Å²) in [5, 5.41) is 12.8. The number of rotatable bonds is 23. The molecule has 35 heavy (non-hydrogen) atoms. The Labute approximate surface area is 212 Å². The Hall–Kier alpha value is -1.43. The number of nitrogens with two attached hydrogens (primary N) is 3. The van der Waals surface area contributed by atoms with E-state index in [4.69, 9.17) is 17.2 Å². The van der Waals surface area contributed by atoms with E-state index in [-0.39, 0.29) is 29.7 Å². The number of carbonyl (C=O) groups is 3. The average Bonchev–Trinajstić information content (AvgIpc) is 2.81. The van der Waals surface area contributed by atoms with Crippen molar-refractivity contribution in [3.05, 3.63) is 0 Å². The monoisotopic (exact) mass is 499 g/mol. The highest BCUT2D eigenvalue weighted by molar-refractivity contribution is 5.90. The molecule has 0 aliphatic heterocycles. The van der Waals surface area contributed by atoms with E-state index in [0.717, 1.165) is 38.5 Å². The summed E-state index contributed by atoms with van der Waals surface area (Å²) < 4.78 is 0. The minimum Gasteiger partial charge on any atom is -0.355 e. The number of Topliss-reactive ketones (excluding diaryl/α,β-unsaturated/α-hetero) is 2. The van der Waals surface area contributed by atoms with E-state index in [2.05, 4.69) is 21.3 Å². The second-order valence-electron chi connectivity index (χ2n) is 9.36. The van der Waals surface area contributed by atoms with Gasteiger partial charge in [-0.05, 0) is 85.9 Å². The first-order valence-corrected chi connectivity index (χ1v) is 13.4. The number of hydrogen-bond donors (Lipinski definition) is 7. The normalized spacial score (nSPS) is 15.7. The second-order valence-corrected chi connectivity index (χ2v) is 9.36. The van der Waals surface area contributed by atoms with E-state index in [9.17, 15) is 14.4 Å². The third-order valence-electron chi connectivity index (χ3n) is 6.12. The summed E-state index contributed by atoms with van der Waals surface area (Å²) >= 11 is 0. The third-order valence-corrected chi connectivity index (χ3v) is 6.12. The van der Waals surface area contributed by atoms with Gasteiger partial charge in [-0.1, -0.05) is 19.3 Å². The summed E-state index contributed by atoms with van der Waals surface area (Å²) in [5.74, 6) is -0.0427. The van der Waals surface area contributed by atoms with Crippen LogP contribution in [-0.4, -0.2) is 74.0 Å². The predicted molar refractivity (Wildman–Crippen MR) is 143 cm³/mol. The summed E-state index contributed by atoms with van der Waals surface area (Å²) in [5.41, 5.74) is 16.9. The highest BCUT2D eigenvalue weighted by Gasteiger charge is 2.29. The quantitative estimate of drug-likeness (QED) is 0.0768. The number of ketones is 2. The van der Waals surface area contributed by atoms with Gasteiger partial charge in [0.1, 0.15) is 5.78 Å². The number of carbonyl (C=O) groups excluding carboxylic acids is 3. The Morgan fingerprint density at radius 3 is 1.60 bits per heavy atom. The molecule has 0 aromatic heterocycles. The smallest absolute Gasteiger partial charge is 0.237 e. The highest BCUT2D eigenvalue weighted by atomic mass is 16.2. The van der Waals surface area contributed by atoms with Crippen molar-refractivity contribution >= 4 is 17.5 Å². The summed E-state index contributed by atoms with van der Waals surface area (Å²) in [6.45, 7) is 9.45. The highest BCUT2D eigenvalue weighted by Crippen LogP contribution is 2.09. The van der Waals surface area contributed by atoms with Crippen LogP contribution in [0, 0.1) is 0 Å². The van der Waals surface area contributed by atoms with E-state index in [1.54, 1.807) is 13.8 Å². The molecule has 206 valence electrons. The molecule has 0 spiro atoms. The van der Waals surface area contributed by atoms with Crippen LogP contribution < -0.4 is 38.5 Å². The number of amides is 1. The fourth-order valence-corrected chi connectivity index (χ4v) is 4.11. The molecule has 0 aromatic carbocycles. The predicted octanol–water partition coefficient (Wildman–Crippen LogP) is 0.277. The fourth-order valence-electron chi connectivity index (χ4n) is 4.11. The molecule has 0 saturated heterocycles. The first kappa shape index (κ1) is 33.6. The minimum atomic E-state index is -0.517. The van der Waals surface area contributed by atoms with Crippen molar-refractivity contribution < 1.29 is 14.4 Å². The second kappa shape index (κ2) is 20.7. The van der Waals surface area contributed by atoms with Crippen LogP contribution in [0.3, 0.4) is 0 Å². The van der Waals surface area contributed by atoms with Crippen LogP contribution in [-0.2, 0) is 14.4 Å². The zero-order valence-corrected chi connectivity index (χ0v) is 22.5. The lowest BCUT2D eigenvalue weighted by atomic mass is 9.98. The van der Waals surface area contributed by atoms with Crippen molar-refractivity contribution in [1.29, 1.82) is 0 Å². The molecular formula is C25H53N7O3. The van der Waals surface area contributed by atoms with Crippen LogP contribution in [0.15, 0.2) is 0 Å². The molecule has 0 aliphatic rings. The number of hydrogen-bond acceptors (Lipinski definition) is 9. The molecule has 0 rings (SSSR count). The lowest BCUT2D eigenvalue weighted by Gasteiger charge is -2.29. The van der Waals surface area contributed by atoms with Crippen LogP contribution in [0.5, 0.6) is 0 Å². The Morgan fingerprint density at radius 1 is 0.686 bits per heavy atom. The zero-order chi connectivity index (χ0) is 26.6. The maximum absolute atomic E-state index is 13.4. The van der Waals surface area contributed by atoms with Crippen LogP contribution in [0.1, 0.15) is 85.5 Å². The van der Waals surface area contributed by atoms with Gasteiger partial charge in [0.25, 0.3) is 0 Å². The Balaban J connectivity index is 5.26. The molecule has 2 unspecified atom stereocenters. The molecule has 0 aromatic rings. The minimum absolute atomic E-state index is 0.00805. The van der Waals surface area contributed by atoms with Gasteiger partial charge in [-0.15, -0.1) is 0 Å². The van der Waals surface area contributed by atoms with Crippen molar-refractivity contribution in [1.82, 2.24) is 21.3 Å². The molecule has 0 aliphatic carbocycles. The Morgan fingerprint density at radius 2 is 1.14 bits per heavy atom. The van der Waals surface area contributed by atoms with E-state index < -0.39 is 18.1 Å². The molecule has 0 fully saturated rings. The molecule has 0 radical (unpaired) electrons. The van der Waals surface area contributed by atoms with Gasteiger partial charge < -0.3 is 22.5 Å². The fraction of sp³-hybridized carbons (Fsp3) is 0.880. The lowest BCUT2D eigenvalue weighted by Crippen LogP contribution is -2.57. The van der Waals surface area contributed by atoms with Crippen molar-refractivity contribution in [2.45, 2.75) is 116 Å². The maximum atomic E-state index is 13.4. The van der Waals surface area contributed by atoms with Gasteiger partial charge in [0.2, 0.25) is 5.91 Å². The number of likely N-dealkylation sites (N-methyl/N-ethyl adjacent to an activating group) is 1. The molecule has 10 heteroatoms. The summed E-state index contributed by atoms with van der Waals surface area (Å²) in [6, 6.07) is -1.69. The van der Waals surface area contributed by atoms with E-state index in [0.29, 0.717) is 45.4 Å². The van der Waals surface area contributed by atoms with Crippen LogP contribution in [0.2, 0.25) is 0 Å². The third kappa shape index (κ3) is 15.3. The SMILES string of the molecule is CCNC(=O)[C@H](CCCCN)NC(C)C(=O)[C@H](CCCCN)NC(C)N[C@@H](CCCCN)C(C)=O. The molecule has 0 heterocycles. The maximum Gasteiger partial charge on any atom is 0.237 e. The summed E-state index contributed by atoms with van der Waals surface area (Å²) in [4.78, 5) is 38.1. The van der Waals surface area contributed by atoms with Gasteiger partial charge in [-0.2, -0.15) is 0 Å². The van der Waals surface area contributed by atoms with Crippen molar-refractivity contribution in [3.8, 4) is 0 Å². The average molecular weight is 500 g/mol. The van der Waals surface area contributed by atoms with Gasteiger partial charge in [-0.25, -0.2) is 0 Å². The van der Waals surface area contributed by atoms with Crippen molar-refractivity contribution in [3.63, 3.8) is 0 Å². The van der Waals surface area contributed by atoms with Crippen LogP contribution in [0.4, 0.5) is 0 Å². The van der Waals surface area contributed by atoms with Crippen molar-refractivity contribution in [2.24, 2.45) is 17.2 Å². The van der Waals surface area contributed by atoms with E-state index in [1.165, 1.54) is 0 Å². The Kier molecular flexibility index (Phi) is 19.9. The van der Waals surface area contributed by atoms with Gasteiger partial charge in [0, 0.05) is 6.54 Å². The largest absolute Gasteiger partial charge is 0.355 e. The van der Waals surface area contributed by atoms with E-state index in [1.807, 2.05) is 13.8 Å². The number of unbranched alkanes of at least 4 members (excludes halogenated alkanes) is 3. The van der Waals surface area contributed by atoms with Crippen LogP contribution >= 0.6 is 0 Å². The lowest BCUT2D eigenvalue weighted by molar-refractivity contribution is -0.125. The molecule has 0 bridgehead atoms. The van der Waals surface area contributed by atoms with Gasteiger partial charge in [0.15, 0.2) is 5.78 Å². The van der Waals surface area contributed by atoms with Crippen LogP contribution in [0.25, 0.3) is 0 Å². The number of nitrogens with one attached hydrogen (secondary N) is 4. The first-order chi connectivity index (χ1) is 16.7. The molecule has 10 nitrogen and oxygen atoms in total. The summed E-state index contributed by atoms with van der Waals surface area (Å²) in [7, 11) is 0. The topological polar surface area (TPSA) is 177 Å². The van der Waals surface area contributed by atoms with Gasteiger partial charge in [-0.3, -0.25) is 30.3 Å². The first-order valence-electron chi connectivity index (χ1n) is 13.4. The molecular weight excluding hydrogens is 446 g/mol. The Bertz CT molecular complexity index is 591. The zero-order valence-electron chi connectivity index (χ0n) is 22.5. The molecule has 0 saturated carbocycles. The molecule has 1 amide bonds. The summed E-state index contributed by atoms with van der Waals surface area (Å²) in [6.07, 6.45) is 6.71. The van der Waals surface area contributed by atoms with Gasteiger partial charge >= 0.3 is 0 Å². The molecule has 10 N–H and O–H groups in total. The standard InChI is InChI=1S/C25H53N7O3/c1-5-29-25(35)23(14-8-11-17-28)30-18(2)24(34)22(13-7-10-16-27)32-20(4)31-21(19(3)33)12-6-9-15-26/h18,20-23,30-32H,5-17,26-28H2,1-4H3,(H,29,35)/t18?,20?,21-,22-,23-/m0/s1. The molecule has 5 atom stereocenters. The van der Waals surface area contributed by atoms with Crippen molar-refractivity contribution in [2.75, 3.05) is 26.2 Å².